The number of amidine groups is 2. The zero-order valence-electron chi connectivity index (χ0n) is 6.87. The van der Waals surface area contributed by atoms with Crippen LogP contribution in [0.15, 0.2) is 24.3 Å². The van der Waals surface area contributed by atoms with Gasteiger partial charge in [0.25, 0.3) is 0 Å². The second-order valence-corrected chi connectivity index (χ2v) is 2.37. The Bertz CT molecular complexity index is 302. The van der Waals surface area contributed by atoms with Gasteiger partial charge in [-0.3, -0.25) is 10.8 Å². The van der Waals surface area contributed by atoms with Crippen LogP contribution in [-0.2, 0) is 0 Å². The first-order valence-corrected chi connectivity index (χ1v) is 3.40. The van der Waals surface area contributed by atoms with Crippen molar-refractivity contribution >= 4 is 24.1 Å². The fourth-order valence-electron chi connectivity index (χ4n) is 0.953. The third kappa shape index (κ3) is 2.45. The maximum Gasteiger partial charge on any atom is 0.123 e. The Morgan fingerprint density at radius 3 is 1.46 bits per heavy atom. The molecule has 0 radical (unpaired) electrons. The molecule has 1 rings (SSSR count). The van der Waals surface area contributed by atoms with Gasteiger partial charge in [0.05, 0.1) is 0 Å². The maximum absolute atomic E-state index is 7.20. The molecule has 0 saturated heterocycles. The Labute approximate surface area is 82.4 Å². The van der Waals surface area contributed by atoms with Crippen LogP contribution in [0.1, 0.15) is 11.1 Å². The highest BCUT2D eigenvalue weighted by atomic mass is 35.5. The highest BCUT2D eigenvalue weighted by Crippen LogP contribution is 2.06. The zero-order chi connectivity index (χ0) is 9.14. The van der Waals surface area contributed by atoms with Gasteiger partial charge >= 0.3 is 0 Å². The average Bonchev–Trinajstić information content (AvgIpc) is 2.04. The van der Waals surface area contributed by atoms with E-state index < -0.39 is 0 Å². The van der Waals surface area contributed by atoms with E-state index in [-0.39, 0.29) is 24.1 Å². The molecule has 13 heavy (non-hydrogen) atoms. The van der Waals surface area contributed by atoms with Crippen molar-refractivity contribution in [1.29, 1.82) is 10.8 Å². The normalized spacial score (nSPS) is 8.62. The molecule has 6 N–H and O–H groups in total. The van der Waals surface area contributed by atoms with Gasteiger partial charge in [-0.15, -0.1) is 12.4 Å². The standard InChI is InChI=1S/C8H10N4.ClH/c9-7(10)5-3-1-2-4-6(5)8(11)12;/h1-4H,(H3,9,10)(H3,11,12);1H. The number of hydrogen-bond donors (Lipinski definition) is 4. The summed E-state index contributed by atoms with van der Waals surface area (Å²) in [6, 6.07) is 6.84. The molecule has 0 spiro atoms. The van der Waals surface area contributed by atoms with E-state index in [1.807, 2.05) is 0 Å². The molecule has 0 amide bonds. The van der Waals surface area contributed by atoms with Crippen molar-refractivity contribution in [2.24, 2.45) is 11.5 Å². The summed E-state index contributed by atoms with van der Waals surface area (Å²) in [7, 11) is 0. The van der Waals surface area contributed by atoms with Crippen molar-refractivity contribution in [2.75, 3.05) is 0 Å². The summed E-state index contributed by atoms with van der Waals surface area (Å²) in [6.07, 6.45) is 0. The Morgan fingerprint density at radius 2 is 1.23 bits per heavy atom. The third-order valence-corrected chi connectivity index (χ3v) is 1.51. The minimum atomic E-state index is -0.0687. The molecule has 0 unspecified atom stereocenters. The van der Waals surface area contributed by atoms with Crippen LogP contribution in [0, 0.1) is 10.8 Å². The SMILES string of the molecule is Cl.N=C(N)c1ccccc1C(=N)N. The maximum atomic E-state index is 7.20. The van der Waals surface area contributed by atoms with Crippen LogP contribution in [0.4, 0.5) is 0 Å². The second kappa shape index (κ2) is 4.47. The van der Waals surface area contributed by atoms with Crippen molar-refractivity contribution < 1.29 is 0 Å². The lowest BCUT2D eigenvalue weighted by atomic mass is 10.1. The van der Waals surface area contributed by atoms with Gasteiger partial charge in [0.15, 0.2) is 0 Å². The summed E-state index contributed by atoms with van der Waals surface area (Å²) in [4.78, 5) is 0. The molecule has 0 heterocycles. The Hall–Kier alpha value is -1.55. The van der Waals surface area contributed by atoms with Gasteiger partial charge in [-0.25, -0.2) is 0 Å². The molecule has 4 nitrogen and oxygen atoms in total. The predicted octanol–water partition coefficient (Wildman–Crippen LogP) is 0.677. The molecule has 1 aromatic carbocycles. The summed E-state index contributed by atoms with van der Waals surface area (Å²) >= 11 is 0. The van der Waals surface area contributed by atoms with Gasteiger partial charge in [0, 0.05) is 11.1 Å². The summed E-state index contributed by atoms with van der Waals surface area (Å²) in [6.45, 7) is 0. The molecule has 0 aromatic heterocycles. The van der Waals surface area contributed by atoms with Crippen molar-refractivity contribution in [3.8, 4) is 0 Å². The van der Waals surface area contributed by atoms with Gasteiger partial charge < -0.3 is 11.5 Å². The summed E-state index contributed by atoms with van der Waals surface area (Å²) < 4.78 is 0. The molecule has 1 aromatic rings. The largest absolute Gasteiger partial charge is 0.384 e. The number of rotatable bonds is 2. The molecule has 0 atom stereocenters. The first-order chi connectivity index (χ1) is 5.63. The molecule has 0 aliphatic carbocycles. The average molecular weight is 199 g/mol. The smallest absolute Gasteiger partial charge is 0.123 e. The van der Waals surface area contributed by atoms with E-state index in [2.05, 4.69) is 0 Å². The first kappa shape index (κ1) is 11.4. The van der Waals surface area contributed by atoms with Crippen LogP contribution in [0.25, 0.3) is 0 Å². The van der Waals surface area contributed by atoms with Gasteiger partial charge in [-0.2, -0.15) is 0 Å². The Morgan fingerprint density at radius 1 is 0.923 bits per heavy atom. The topological polar surface area (TPSA) is 99.7 Å². The summed E-state index contributed by atoms with van der Waals surface area (Å²) in [5.74, 6) is -0.137. The molecular formula is C8H11ClN4. The van der Waals surface area contributed by atoms with E-state index >= 15 is 0 Å². The summed E-state index contributed by atoms with van der Waals surface area (Å²) in [5.41, 5.74) is 11.6. The monoisotopic (exact) mass is 198 g/mol. The van der Waals surface area contributed by atoms with Crippen LogP contribution in [0.3, 0.4) is 0 Å². The first-order valence-electron chi connectivity index (χ1n) is 3.40. The van der Waals surface area contributed by atoms with Crippen LogP contribution in [0.5, 0.6) is 0 Å². The lowest BCUT2D eigenvalue weighted by Gasteiger charge is -2.04. The number of halogens is 1. The molecule has 0 bridgehead atoms. The highest BCUT2D eigenvalue weighted by Gasteiger charge is 2.05. The highest BCUT2D eigenvalue weighted by molar-refractivity contribution is 6.07. The van der Waals surface area contributed by atoms with Crippen LogP contribution >= 0.6 is 12.4 Å². The lowest BCUT2D eigenvalue weighted by Crippen LogP contribution is -2.20. The van der Waals surface area contributed by atoms with E-state index in [4.69, 9.17) is 22.3 Å². The molecular weight excluding hydrogens is 188 g/mol. The van der Waals surface area contributed by atoms with Crippen LogP contribution in [-0.4, -0.2) is 11.7 Å². The van der Waals surface area contributed by atoms with Crippen LogP contribution < -0.4 is 11.5 Å². The number of benzene rings is 1. The number of nitrogen functional groups attached to an aromatic ring is 2. The van der Waals surface area contributed by atoms with E-state index in [0.29, 0.717) is 11.1 Å². The van der Waals surface area contributed by atoms with Crippen molar-refractivity contribution in [2.45, 2.75) is 0 Å². The van der Waals surface area contributed by atoms with Crippen molar-refractivity contribution in [3.05, 3.63) is 35.4 Å². The molecule has 0 saturated carbocycles. The van der Waals surface area contributed by atoms with Gasteiger partial charge in [0.1, 0.15) is 11.7 Å². The second-order valence-electron chi connectivity index (χ2n) is 2.37. The van der Waals surface area contributed by atoms with Gasteiger partial charge in [-0.05, 0) is 0 Å². The fraction of sp³-hybridized carbons (Fsp3) is 0. The summed E-state index contributed by atoms with van der Waals surface area (Å²) in [5, 5.41) is 14.4. The number of nitrogens with two attached hydrogens (primary N) is 2. The van der Waals surface area contributed by atoms with E-state index in [1.165, 1.54) is 0 Å². The van der Waals surface area contributed by atoms with Crippen molar-refractivity contribution in [1.82, 2.24) is 0 Å². The van der Waals surface area contributed by atoms with E-state index in [9.17, 15) is 0 Å². The third-order valence-electron chi connectivity index (χ3n) is 1.51. The quantitative estimate of drug-likeness (QED) is 0.415. The molecule has 0 fully saturated rings. The number of hydrogen-bond acceptors (Lipinski definition) is 2. The zero-order valence-corrected chi connectivity index (χ0v) is 7.69. The minimum absolute atomic E-state index is 0. The van der Waals surface area contributed by atoms with Gasteiger partial charge in [0.2, 0.25) is 0 Å². The van der Waals surface area contributed by atoms with Gasteiger partial charge in [-0.1, -0.05) is 24.3 Å². The molecule has 5 heteroatoms. The number of nitrogens with one attached hydrogen (secondary N) is 2. The fourth-order valence-corrected chi connectivity index (χ4v) is 0.953. The van der Waals surface area contributed by atoms with E-state index in [0.717, 1.165) is 0 Å². The molecule has 0 aliphatic rings. The predicted molar refractivity (Wildman–Crippen MR) is 55.7 cm³/mol. The molecule has 0 aliphatic heterocycles. The minimum Gasteiger partial charge on any atom is -0.384 e. The molecule has 70 valence electrons. The van der Waals surface area contributed by atoms with Crippen molar-refractivity contribution in [3.63, 3.8) is 0 Å². The van der Waals surface area contributed by atoms with E-state index in [1.54, 1.807) is 24.3 Å². The Kier molecular flexibility index (Phi) is 3.94. The van der Waals surface area contributed by atoms with Crippen LogP contribution in [0.2, 0.25) is 0 Å². The Balaban J connectivity index is 0.00000144. The lowest BCUT2D eigenvalue weighted by molar-refractivity contribution is 1.38.